The summed E-state index contributed by atoms with van der Waals surface area (Å²) in [5, 5.41) is 8.82. The summed E-state index contributed by atoms with van der Waals surface area (Å²) in [4.78, 5) is 28.2. The molecule has 4 N–H and O–H groups in total. The molecule has 10 nitrogen and oxygen atoms in total. The highest BCUT2D eigenvalue weighted by Gasteiger charge is 2.21. The van der Waals surface area contributed by atoms with Crippen LogP contribution in [0.4, 0.5) is 5.82 Å². The van der Waals surface area contributed by atoms with Gasteiger partial charge in [-0.2, -0.15) is 0 Å². The molecule has 0 unspecified atom stereocenters. The van der Waals surface area contributed by atoms with Gasteiger partial charge >= 0.3 is 0 Å². The first-order valence-electron chi connectivity index (χ1n) is 11.6. The number of primary amides is 1. The van der Waals surface area contributed by atoms with E-state index in [4.69, 9.17) is 25.6 Å². The van der Waals surface area contributed by atoms with Gasteiger partial charge < -0.3 is 19.9 Å². The number of anilines is 1. The number of imidazole rings is 1. The standard InChI is InChI=1S/C24H31N7O3/c1-17(29-33)7-4-2-3-5-10-31-16-26-20-23(30-11-13-34-14-12-30)27-22(28-24(20)31)19-9-6-8-18(15-19)21(25)32/h6,8-9,15-16,29,33H,1-5,7,10-14H2,(H2,25,32). The first-order valence-corrected chi connectivity index (χ1v) is 11.6. The smallest absolute Gasteiger partial charge is 0.248 e. The molecule has 0 bridgehead atoms. The Morgan fingerprint density at radius 1 is 1.18 bits per heavy atom. The fraction of sp³-hybridized carbons (Fsp3) is 0.417. The molecule has 0 aliphatic carbocycles. The molecule has 2 aromatic heterocycles. The number of nitrogens with two attached hydrogens (primary N) is 1. The number of nitrogens with zero attached hydrogens (tertiary/aromatic N) is 5. The number of aryl methyl sites for hydroxylation is 1. The molecule has 3 heterocycles. The summed E-state index contributed by atoms with van der Waals surface area (Å²) in [5.74, 6) is 0.829. The van der Waals surface area contributed by atoms with Gasteiger partial charge in [-0.15, -0.1) is 0 Å². The van der Waals surface area contributed by atoms with Gasteiger partial charge in [0.05, 0.1) is 19.5 Å². The topological polar surface area (TPSA) is 131 Å². The number of hydrogen-bond donors (Lipinski definition) is 3. The maximum Gasteiger partial charge on any atom is 0.248 e. The van der Waals surface area contributed by atoms with Gasteiger partial charge in [0.25, 0.3) is 0 Å². The second kappa shape index (κ2) is 11.1. The first kappa shape index (κ1) is 23.7. The van der Waals surface area contributed by atoms with E-state index in [2.05, 4.69) is 26.5 Å². The number of fused-ring (bicyclic) bond motifs is 1. The molecule has 1 saturated heterocycles. The van der Waals surface area contributed by atoms with E-state index >= 15 is 0 Å². The monoisotopic (exact) mass is 465 g/mol. The third-order valence-electron chi connectivity index (χ3n) is 5.95. The Hall–Kier alpha value is -3.50. The Morgan fingerprint density at radius 3 is 2.74 bits per heavy atom. The van der Waals surface area contributed by atoms with Crippen LogP contribution in [0.15, 0.2) is 42.9 Å². The first-order chi connectivity index (χ1) is 16.6. The van der Waals surface area contributed by atoms with Crippen molar-refractivity contribution in [1.82, 2.24) is 25.0 Å². The summed E-state index contributed by atoms with van der Waals surface area (Å²) in [5.41, 5.74) is 10.9. The summed E-state index contributed by atoms with van der Waals surface area (Å²) in [6, 6.07) is 7.08. The minimum absolute atomic E-state index is 0.418. The van der Waals surface area contributed by atoms with Crippen LogP contribution in [-0.4, -0.2) is 56.9 Å². The van der Waals surface area contributed by atoms with Crippen LogP contribution in [0.1, 0.15) is 42.5 Å². The summed E-state index contributed by atoms with van der Waals surface area (Å²) in [7, 11) is 0. The van der Waals surface area contributed by atoms with Crippen LogP contribution in [0.5, 0.6) is 0 Å². The molecule has 1 aliphatic heterocycles. The van der Waals surface area contributed by atoms with Crippen molar-refractivity contribution in [2.75, 3.05) is 31.2 Å². The zero-order chi connectivity index (χ0) is 23.9. The van der Waals surface area contributed by atoms with E-state index in [1.165, 1.54) is 0 Å². The second-order valence-electron chi connectivity index (χ2n) is 8.41. The highest BCUT2D eigenvalue weighted by molar-refractivity contribution is 5.94. The maximum absolute atomic E-state index is 11.7. The van der Waals surface area contributed by atoms with Crippen LogP contribution >= 0.6 is 0 Å². The Labute approximate surface area is 198 Å². The quantitative estimate of drug-likeness (QED) is 0.291. The van der Waals surface area contributed by atoms with Crippen molar-refractivity contribution in [2.45, 2.75) is 38.6 Å². The largest absolute Gasteiger partial charge is 0.378 e. The van der Waals surface area contributed by atoms with Gasteiger partial charge in [0, 0.05) is 36.5 Å². The SMILES string of the molecule is C=C(CCCCCCn1cnc2c(N3CCOCC3)nc(-c3cccc(C(N)=O)c3)nc21)NO. The molecule has 4 rings (SSSR count). The lowest BCUT2D eigenvalue weighted by atomic mass is 10.1. The number of nitrogens with one attached hydrogen (secondary N) is 1. The summed E-state index contributed by atoms with van der Waals surface area (Å²) in [6.07, 6.45) is 6.63. The third kappa shape index (κ3) is 5.52. The number of aromatic nitrogens is 4. The molecule has 1 amide bonds. The van der Waals surface area contributed by atoms with Gasteiger partial charge in [-0.3, -0.25) is 15.5 Å². The fourth-order valence-electron chi connectivity index (χ4n) is 4.06. The van der Waals surface area contributed by atoms with Crippen molar-refractivity contribution in [3.05, 3.63) is 48.4 Å². The lowest BCUT2D eigenvalue weighted by Gasteiger charge is -2.28. The summed E-state index contributed by atoms with van der Waals surface area (Å²) >= 11 is 0. The molecule has 1 aromatic carbocycles. The van der Waals surface area contributed by atoms with E-state index < -0.39 is 5.91 Å². The molecule has 10 heteroatoms. The molecule has 0 spiro atoms. The predicted molar refractivity (Wildman–Crippen MR) is 129 cm³/mol. The Morgan fingerprint density at radius 2 is 1.97 bits per heavy atom. The molecule has 3 aromatic rings. The summed E-state index contributed by atoms with van der Waals surface area (Å²) < 4.78 is 7.58. The third-order valence-corrected chi connectivity index (χ3v) is 5.95. The number of morpholine rings is 1. The molecule has 1 fully saturated rings. The van der Waals surface area contributed by atoms with Gasteiger partial charge in [-0.1, -0.05) is 31.6 Å². The number of rotatable bonds is 11. The maximum atomic E-state index is 11.7. The Kier molecular flexibility index (Phi) is 7.71. The average Bonchev–Trinajstić information content (AvgIpc) is 3.28. The van der Waals surface area contributed by atoms with Crippen molar-refractivity contribution < 1.29 is 14.7 Å². The zero-order valence-electron chi connectivity index (χ0n) is 19.2. The van der Waals surface area contributed by atoms with Gasteiger partial charge in [0.1, 0.15) is 0 Å². The fourth-order valence-corrected chi connectivity index (χ4v) is 4.06. The van der Waals surface area contributed by atoms with E-state index in [9.17, 15) is 4.79 Å². The molecule has 1 aliphatic rings. The molecule has 34 heavy (non-hydrogen) atoms. The van der Waals surface area contributed by atoms with E-state index in [1.54, 1.807) is 18.2 Å². The minimum atomic E-state index is -0.486. The van der Waals surface area contributed by atoms with Gasteiger partial charge in [-0.05, 0) is 31.4 Å². The number of carbonyl (C=O) groups is 1. The van der Waals surface area contributed by atoms with Crippen LogP contribution in [0.3, 0.4) is 0 Å². The predicted octanol–water partition coefficient (Wildman–Crippen LogP) is 2.87. The molecule has 180 valence electrons. The van der Waals surface area contributed by atoms with Crippen LogP contribution < -0.4 is 16.1 Å². The number of unbranched alkanes of at least 4 members (excludes halogenated alkanes) is 3. The number of allylic oxidation sites excluding steroid dienone is 1. The molecular weight excluding hydrogens is 434 g/mol. The number of hydrogen-bond acceptors (Lipinski definition) is 8. The molecular formula is C24H31N7O3. The van der Waals surface area contributed by atoms with Crippen LogP contribution in [0.2, 0.25) is 0 Å². The van der Waals surface area contributed by atoms with Gasteiger partial charge in [0.15, 0.2) is 22.8 Å². The molecule has 0 radical (unpaired) electrons. The van der Waals surface area contributed by atoms with E-state index in [0.29, 0.717) is 30.3 Å². The number of ether oxygens (including phenoxy) is 1. The van der Waals surface area contributed by atoms with Crippen molar-refractivity contribution in [1.29, 1.82) is 0 Å². The minimum Gasteiger partial charge on any atom is -0.378 e. The van der Waals surface area contributed by atoms with Crippen molar-refractivity contribution in [2.24, 2.45) is 5.73 Å². The van der Waals surface area contributed by atoms with Crippen molar-refractivity contribution in [3.63, 3.8) is 0 Å². The molecule has 0 atom stereocenters. The lowest BCUT2D eigenvalue weighted by Crippen LogP contribution is -2.37. The second-order valence-corrected chi connectivity index (χ2v) is 8.41. The average molecular weight is 466 g/mol. The Balaban J connectivity index is 1.59. The number of carbonyl (C=O) groups excluding carboxylic acids is 1. The van der Waals surface area contributed by atoms with E-state index in [-0.39, 0.29) is 0 Å². The number of benzene rings is 1. The zero-order valence-corrected chi connectivity index (χ0v) is 19.2. The van der Waals surface area contributed by atoms with Crippen molar-refractivity contribution in [3.8, 4) is 11.4 Å². The molecule has 0 saturated carbocycles. The van der Waals surface area contributed by atoms with Gasteiger partial charge in [-0.25, -0.2) is 15.0 Å². The summed E-state index contributed by atoms with van der Waals surface area (Å²) in [6.45, 7) is 7.25. The Bertz CT molecular complexity index is 1150. The van der Waals surface area contributed by atoms with Gasteiger partial charge in [0.2, 0.25) is 5.91 Å². The van der Waals surface area contributed by atoms with E-state index in [1.807, 2.05) is 12.4 Å². The van der Waals surface area contributed by atoms with Crippen LogP contribution in [0, 0.1) is 0 Å². The normalized spacial score (nSPS) is 13.9. The lowest BCUT2D eigenvalue weighted by molar-refractivity contribution is 0.100. The highest BCUT2D eigenvalue weighted by atomic mass is 16.5. The van der Waals surface area contributed by atoms with E-state index in [0.717, 1.165) is 74.3 Å². The number of hydroxylamine groups is 1. The van der Waals surface area contributed by atoms with Crippen LogP contribution in [0.25, 0.3) is 22.6 Å². The van der Waals surface area contributed by atoms with Crippen LogP contribution in [-0.2, 0) is 11.3 Å². The van der Waals surface area contributed by atoms with Crippen molar-refractivity contribution >= 4 is 22.9 Å². The highest BCUT2D eigenvalue weighted by Crippen LogP contribution is 2.28. The number of amides is 1.